The van der Waals surface area contributed by atoms with E-state index in [1.807, 2.05) is 10.9 Å². The topological polar surface area (TPSA) is 105 Å². The van der Waals surface area contributed by atoms with Gasteiger partial charge in [-0.15, -0.1) is 0 Å². The number of nitrogens with zero attached hydrogens (tertiary/aromatic N) is 3. The molecule has 0 spiro atoms. The highest BCUT2D eigenvalue weighted by Gasteiger charge is 2.30. The van der Waals surface area contributed by atoms with E-state index in [4.69, 9.17) is 27.9 Å². The van der Waals surface area contributed by atoms with Crippen molar-refractivity contribution in [1.29, 1.82) is 0 Å². The molecule has 9 nitrogen and oxygen atoms in total. The lowest BCUT2D eigenvalue weighted by molar-refractivity contribution is -0.113. The van der Waals surface area contributed by atoms with Gasteiger partial charge in [-0.05, 0) is 50.9 Å². The second-order valence-electron chi connectivity index (χ2n) is 8.28. The Balaban J connectivity index is 1.28. The highest BCUT2D eigenvalue weighted by molar-refractivity contribution is 6.40. The summed E-state index contributed by atoms with van der Waals surface area (Å²) >= 11 is 12.4. The highest BCUT2D eigenvalue weighted by Crippen LogP contribution is 2.31. The van der Waals surface area contributed by atoms with Crippen LogP contribution in [0, 0.1) is 0 Å². The molecule has 3 heterocycles. The second kappa shape index (κ2) is 9.62. The molecular formula is C22H25Cl2N7O2. The molecule has 2 aromatic rings. The van der Waals surface area contributed by atoms with Gasteiger partial charge in [0.15, 0.2) is 0 Å². The van der Waals surface area contributed by atoms with Crippen LogP contribution in [0.5, 0.6) is 0 Å². The minimum atomic E-state index is -0.366. The van der Waals surface area contributed by atoms with Gasteiger partial charge in [0.2, 0.25) is 11.8 Å². The van der Waals surface area contributed by atoms with Crippen molar-refractivity contribution in [3.8, 4) is 0 Å². The predicted molar refractivity (Wildman–Crippen MR) is 129 cm³/mol. The van der Waals surface area contributed by atoms with E-state index in [1.54, 1.807) is 24.4 Å². The molecule has 0 atom stereocenters. The average molecular weight is 490 g/mol. The van der Waals surface area contributed by atoms with Gasteiger partial charge in [-0.25, -0.2) is 4.99 Å². The minimum absolute atomic E-state index is 0.0983. The molecule has 1 aromatic carbocycles. The summed E-state index contributed by atoms with van der Waals surface area (Å²) in [5.74, 6) is 0.527. The summed E-state index contributed by atoms with van der Waals surface area (Å²) in [7, 11) is 0. The minimum Gasteiger partial charge on any atom is -0.475 e. The van der Waals surface area contributed by atoms with E-state index in [-0.39, 0.29) is 18.6 Å². The molecule has 2 aliphatic heterocycles. The van der Waals surface area contributed by atoms with Crippen LogP contribution in [0.25, 0.3) is 0 Å². The molecular weight excluding hydrogens is 465 g/mol. The number of ether oxygens (including phenoxy) is 1. The van der Waals surface area contributed by atoms with Gasteiger partial charge in [0.25, 0.3) is 5.91 Å². The van der Waals surface area contributed by atoms with Crippen molar-refractivity contribution in [3.63, 3.8) is 0 Å². The normalized spacial score (nSPS) is 19.0. The molecule has 1 saturated heterocycles. The number of carbonyl (C=O) groups excluding carboxylic acids is 1. The summed E-state index contributed by atoms with van der Waals surface area (Å²) in [6, 6.07) is 5.45. The van der Waals surface area contributed by atoms with E-state index in [0.29, 0.717) is 39.2 Å². The third-order valence-corrected chi connectivity index (χ3v) is 6.36. The van der Waals surface area contributed by atoms with Crippen LogP contribution in [0.15, 0.2) is 47.0 Å². The molecule has 1 aromatic heterocycles. The van der Waals surface area contributed by atoms with Crippen molar-refractivity contribution in [2.45, 2.75) is 37.8 Å². The van der Waals surface area contributed by atoms with Gasteiger partial charge >= 0.3 is 0 Å². The molecule has 1 aliphatic carbocycles. The van der Waals surface area contributed by atoms with Crippen LogP contribution in [-0.4, -0.2) is 47.4 Å². The van der Waals surface area contributed by atoms with Gasteiger partial charge < -0.3 is 20.7 Å². The number of hydrogen-bond donors (Lipinski definition) is 4. The standard InChI is InChI=1S/C22H25Cl2N7O2/c23-17-2-1-3-18(24)19(17)29-20(32)16-11-26-22(30-21(16)33-15-4-5-15)28-13-10-27-31(12-13)14-6-8-25-9-7-14/h1-3,10,12,14-15,25H,4-9,11H2,(H,29,32)(H2,26,28,30). The Kier molecular flexibility index (Phi) is 6.43. The van der Waals surface area contributed by atoms with E-state index in [0.717, 1.165) is 44.5 Å². The summed E-state index contributed by atoms with van der Waals surface area (Å²) in [6.45, 7) is 2.14. The van der Waals surface area contributed by atoms with E-state index in [9.17, 15) is 4.79 Å². The van der Waals surface area contributed by atoms with Crippen LogP contribution < -0.4 is 21.3 Å². The third-order valence-electron chi connectivity index (χ3n) is 5.73. The predicted octanol–water partition coefficient (Wildman–Crippen LogP) is 3.51. The van der Waals surface area contributed by atoms with E-state index in [1.165, 1.54) is 0 Å². The van der Waals surface area contributed by atoms with Gasteiger partial charge in [-0.1, -0.05) is 29.3 Å². The van der Waals surface area contributed by atoms with Gasteiger partial charge in [-0.3, -0.25) is 14.8 Å². The number of amides is 1. The third kappa shape index (κ3) is 5.26. The van der Waals surface area contributed by atoms with E-state index >= 15 is 0 Å². The average Bonchev–Trinajstić information content (AvgIpc) is 3.51. The zero-order valence-corrected chi connectivity index (χ0v) is 19.4. The first-order chi connectivity index (χ1) is 16.1. The fourth-order valence-electron chi connectivity index (χ4n) is 3.77. The molecule has 174 valence electrons. The maximum Gasteiger partial charge on any atom is 0.258 e. The maximum atomic E-state index is 13.0. The lowest BCUT2D eigenvalue weighted by atomic mass is 10.1. The monoisotopic (exact) mass is 489 g/mol. The molecule has 1 amide bonds. The Hall–Kier alpha value is -2.75. The lowest BCUT2D eigenvalue weighted by Crippen LogP contribution is -2.38. The van der Waals surface area contributed by atoms with Gasteiger partial charge in [0, 0.05) is 6.20 Å². The molecule has 4 N–H and O–H groups in total. The number of carbonyl (C=O) groups is 1. The highest BCUT2D eigenvalue weighted by atomic mass is 35.5. The molecule has 33 heavy (non-hydrogen) atoms. The summed E-state index contributed by atoms with van der Waals surface area (Å²) in [4.78, 5) is 17.5. The van der Waals surface area contributed by atoms with Crippen LogP contribution in [0.2, 0.25) is 10.0 Å². The number of aromatic nitrogens is 2. The van der Waals surface area contributed by atoms with E-state index in [2.05, 4.69) is 31.4 Å². The summed E-state index contributed by atoms with van der Waals surface area (Å²) in [5, 5.41) is 17.8. The van der Waals surface area contributed by atoms with Crippen LogP contribution in [0.1, 0.15) is 31.7 Å². The Morgan fingerprint density at radius 3 is 2.64 bits per heavy atom. The first-order valence-electron chi connectivity index (χ1n) is 11.1. The molecule has 1 saturated carbocycles. The molecule has 11 heteroatoms. The SMILES string of the molecule is O=C(Nc1c(Cl)cccc1Cl)C1=C(OC2CC2)NC(Nc2cnn(C3CCNCC3)c2)=NC1. The molecule has 3 aliphatic rings. The van der Waals surface area contributed by atoms with Crippen molar-refractivity contribution in [3.05, 3.63) is 52.1 Å². The number of anilines is 2. The van der Waals surface area contributed by atoms with Crippen LogP contribution in [-0.2, 0) is 9.53 Å². The molecule has 0 bridgehead atoms. The number of rotatable bonds is 6. The number of hydrogen-bond acceptors (Lipinski definition) is 7. The van der Waals surface area contributed by atoms with Crippen molar-refractivity contribution in [2.24, 2.45) is 4.99 Å². The number of guanidine groups is 1. The summed E-state index contributed by atoms with van der Waals surface area (Å²) < 4.78 is 7.99. The van der Waals surface area contributed by atoms with Gasteiger partial charge in [0.1, 0.15) is 6.10 Å². The summed E-state index contributed by atoms with van der Waals surface area (Å²) in [6.07, 6.45) is 7.87. The van der Waals surface area contributed by atoms with E-state index < -0.39 is 0 Å². The van der Waals surface area contributed by atoms with Gasteiger partial charge in [0.05, 0.1) is 45.8 Å². The number of nitrogens with one attached hydrogen (secondary N) is 4. The largest absolute Gasteiger partial charge is 0.475 e. The van der Waals surface area contributed by atoms with Crippen LogP contribution >= 0.6 is 23.2 Å². The number of benzene rings is 1. The Morgan fingerprint density at radius 2 is 1.91 bits per heavy atom. The first-order valence-corrected chi connectivity index (χ1v) is 11.8. The first kappa shape index (κ1) is 22.1. The Bertz CT molecular complexity index is 1080. The Morgan fingerprint density at radius 1 is 1.15 bits per heavy atom. The quantitative estimate of drug-likeness (QED) is 0.494. The molecule has 0 radical (unpaired) electrons. The van der Waals surface area contributed by atoms with Gasteiger partial charge in [-0.2, -0.15) is 5.10 Å². The van der Waals surface area contributed by atoms with Crippen LogP contribution in [0.3, 0.4) is 0 Å². The van der Waals surface area contributed by atoms with Crippen LogP contribution in [0.4, 0.5) is 11.4 Å². The molecule has 2 fully saturated rings. The zero-order valence-electron chi connectivity index (χ0n) is 17.9. The van der Waals surface area contributed by atoms with Crippen molar-refractivity contribution in [2.75, 3.05) is 30.3 Å². The number of para-hydroxylation sites is 1. The van der Waals surface area contributed by atoms with Crippen molar-refractivity contribution >= 4 is 46.4 Å². The maximum absolute atomic E-state index is 13.0. The van der Waals surface area contributed by atoms with Crippen molar-refractivity contribution in [1.82, 2.24) is 20.4 Å². The fraction of sp³-hybridized carbons (Fsp3) is 0.409. The lowest BCUT2D eigenvalue weighted by Gasteiger charge is -2.23. The number of piperidine rings is 1. The van der Waals surface area contributed by atoms with Crippen molar-refractivity contribution < 1.29 is 9.53 Å². The smallest absolute Gasteiger partial charge is 0.258 e. The fourth-order valence-corrected chi connectivity index (χ4v) is 4.26. The second-order valence-corrected chi connectivity index (χ2v) is 9.10. The number of halogens is 2. The summed E-state index contributed by atoms with van der Waals surface area (Å²) in [5.41, 5.74) is 1.57. The number of aliphatic imine (C=N–C) groups is 1. The molecule has 5 rings (SSSR count). The Labute approximate surface area is 201 Å². The molecule has 0 unspecified atom stereocenters. The zero-order chi connectivity index (χ0) is 22.8.